The molecule has 4 heteroatoms. The van der Waals surface area contributed by atoms with Crippen molar-refractivity contribution >= 4 is 50.6 Å². The quantitative estimate of drug-likeness (QED) is 0.141. The summed E-state index contributed by atoms with van der Waals surface area (Å²) in [6, 6.07) is 29.2. The third-order valence-corrected chi connectivity index (χ3v) is 5.03. The summed E-state index contributed by atoms with van der Waals surface area (Å²) in [5.41, 5.74) is 2.77. The molecule has 0 aliphatic heterocycles. The maximum atomic E-state index is 12.0. The topological polar surface area (TPSA) is 38.7 Å². The lowest BCUT2D eigenvalue weighted by Crippen LogP contribution is -2.03. The third kappa shape index (κ3) is 5.10. The minimum Gasteiger partial charge on any atom is -0.423 e. The number of ether oxygens (including phenoxy) is 1. The first-order valence-electron chi connectivity index (χ1n) is 9.45. The number of carbonyl (C=O) groups excluding carboxylic acids is 1. The average molecular weight is 456 g/mol. The van der Waals surface area contributed by atoms with E-state index in [1.807, 2.05) is 60.7 Å². The van der Waals surface area contributed by atoms with Crippen LogP contribution >= 0.6 is 15.9 Å². The van der Waals surface area contributed by atoms with Gasteiger partial charge in [-0.15, -0.1) is 0 Å². The molecule has 0 aliphatic rings. The summed E-state index contributed by atoms with van der Waals surface area (Å²) in [6.45, 7) is 0. The second-order valence-electron chi connectivity index (χ2n) is 6.63. The predicted molar refractivity (Wildman–Crippen MR) is 126 cm³/mol. The molecule has 0 atom stereocenters. The molecule has 0 N–H and O–H groups in total. The van der Waals surface area contributed by atoms with Crippen molar-refractivity contribution in [3.05, 3.63) is 113 Å². The predicted octanol–water partition coefficient (Wildman–Crippen LogP) is 6.97. The third-order valence-electron chi connectivity index (χ3n) is 4.50. The second-order valence-corrected chi connectivity index (χ2v) is 7.55. The van der Waals surface area contributed by atoms with Gasteiger partial charge in [-0.3, -0.25) is 4.99 Å². The van der Waals surface area contributed by atoms with Gasteiger partial charge < -0.3 is 4.74 Å². The van der Waals surface area contributed by atoms with E-state index in [-0.39, 0.29) is 0 Å². The first-order valence-corrected chi connectivity index (χ1v) is 10.2. The number of hydrogen-bond acceptors (Lipinski definition) is 3. The summed E-state index contributed by atoms with van der Waals surface area (Å²) in [4.78, 5) is 16.6. The van der Waals surface area contributed by atoms with E-state index in [4.69, 9.17) is 4.74 Å². The Kier molecular flexibility index (Phi) is 6.16. The first-order chi connectivity index (χ1) is 14.7. The highest BCUT2D eigenvalue weighted by molar-refractivity contribution is 9.10. The van der Waals surface area contributed by atoms with Crippen LogP contribution in [-0.4, -0.2) is 12.2 Å². The number of fused-ring (bicyclic) bond motifs is 1. The molecule has 0 amide bonds. The molecule has 0 fully saturated rings. The Hall–Kier alpha value is -3.50. The van der Waals surface area contributed by atoms with Crippen molar-refractivity contribution in [2.24, 2.45) is 4.99 Å². The Morgan fingerprint density at radius 1 is 0.800 bits per heavy atom. The molecular weight excluding hydrogens is 438 g/mol. The molecule has 0 unspecified atom stereocenters. The molecule has 0 saturated heterocycles. The number of carbonyl (C=O) groups is 1. The minimum absolute atomic E-state index is 0.421. The Balaban J connectivity index is 1.40. The molecule has 0 heterocycles. The molecule has 4 aromatic carbocycles. The van der Waals surface area contributed by atoms with Gasteiger partial charge in [0, 0.05) is 22.1 Å². The fourth-order valence-corrected chi connectivity index (χ4v) is 3.24. The van der Waals surface area contributed by atoms with Gasteiger partial charge in [0.2, 0.25) is 0 Å². The highest BCUT2D eigenvalue weighted by atomic mass is 79.9. The molecule has 0 radical (unpaired) electrons. The summed E-state index contributed by atoms with van der Waals surface area (Å²) in [5, 5.41) is 2.27. The SMILES string of the molecule is O=C(C=Cc1ccc(Br)cc1)Oc1ccc(C=Nc2cccc3ccccc23)cc1. The van der Waals surface area contributed by atoms with Crippen molar-refractivity contribution in [3.8, 4) is 5.75 Å². The van der Waals surface area contributed by atoms with E-state index in [1.165, 1.54) is 6.08 Å². The maximum absolute atomic E-state index is 12.0. The molecule has 30 heavy (non-hydrogen) atoms. The van der Waals surface area contributed by atoms with Crippen LogP contribution in [-0.2, 0) is 4.79 Å². The van der Waals surface area contributed by atoms with E-state index in [2.05, 4.69) is 39.1 Å². The fraction of sp³-hybridized carbons (Fsp3) is 0. The average Bonchev–Trinajstić information content (AvgIpc) is 2.78. The molecule has 4 rings (SSSR count). The Morgan fingerprint density at radius 2 is 1.50 bits per heavy atom. The molecule has 0 aliphatic carbocycles. The van der Waals surface area contributed by atoms with Crippen LogP contribution in [0.15, 0.2) is 107 Å². The Bertz CT molecular complexity index is 1220. The number of benzene rings is 4. The van der Waals surface area contributed by atoms with Crippen LogP contribution in [0, 0.1) is 0 Å². The number of halogens is 1. The van der Waals surface area contributed by atoms with Crippen LogP contribution in [0.25, 0.3) is 16.8 Å². The number of rotatable bonds is 5. The zero-order valence-corrected chi connectivity index (χ0v) is 17.6. The van der Waals surface area contributed by atoms with Crippen molar-refractivity contribution in [3.63, 3.8) is 0 Å². The van der Waals surface area contributed by atoms with Gasteiger partial charge in [-0.05, 0) is 65.1 Å². The summed E-state index contributed by atoms with van der Waals surface area (Å²) in [7, 11) is 0. The first kappa shape index (κ1) is 19.8. The van der Waals surface area contributed by atoms with E-state index in [1.54, 1.807) is 24.4 Å². The van der Waals surface area contributed by atoms with Crippen LogP contribution in [0.1, 0.15) is 11.1 Å². The molecule has 3 nitrogen and oxygen atoms in total. The normalized spacial score (nSPS) is 11.4. The van der Waals surface area contributed by atoms with Gasteiger partial charge in [-0.25, -0.2) is 4.79 Å². The molecule has 0 spiro atoms. The van der Waals surface area contributed by atoms with E-state index in [9.17, 15) is 4.79 Å². The van der Waals surface area contributed by atoms with Gasteiger partial charge in [-0.2, -0.15) is 0 Å². The zero-order valence-electron chi connectivity index (χ0n) is 16.0. The van der Waals surface area contributed by atoms with E-state index in [0.717, 1.165) is 32.1 Å². The van der Waals surface area contributed by atoms with Crippen LogP contribution in [0.4, 0.5) is 5.69 Å². The van der Waals surface area contributed by atoms with Gasteiger partial charge in [0.05, 0.1) is 5.69 Å². The summed E-state index contributed by atoms with van der Waals surface area (Å²) in [6.07, 6.45) is 4.94. The highest BCUT2D eigenvalue weighted by Gasteiger charge is 2.01. The van der Waals surface area contributed by atoms with Gasteiger partial charge in [0.15, 0.2) is 0 Å². The number of esters is 1. The summed E-state index contributed by atoms with van der Waals surface area (Å²) < 4.78 is 6.35. The number of aliphatic imine (C=N–C) groups is 1. The lowest BCUT2D eigenvalue weighted by molar-refractivity contribution is -0.128. The van der Waals surface area contributed by atoms with E-state index < -0.39 is 5.97 Å². The van der Waals surface area contributed by atoms with Crippen molar-refractivity contribution in [1.82, 2.24) is 0 Å². The van der Waals surface area contributed by atoms with Crippen molar-refractivity contribution in [2.75, 3.05) is 0 Å². The molecule has 0 bridgehead atoms. The highest BCUT2D eigenvalue weighted by Crippen LogP contribution is 2.25. The zero-order chi connectivity index (χ0) is 20.8. The van der Waals surface area contributed by atoms with Gasteiger partial charge in [-0.1, -0.05) is 64.5 Å². The van der Waals surface area contributed by atoms with E-state index >= 15 is 0 Å². The van der Waals surface area contributed by atoms with Crippen molar-refractivity contribution in [1.29, 1.82) is 0 Å². The molecule has 4 aromatic rings. The molecule has 0 saturated carbocycles. The van der Waals surface area contributed by atoms with Crippen molar-refractivity contribution < 1.29 is 9.53 Å². The summed E-state index contributed by atoms with van der Waals surface area (Å²) >= 11 is 3.39. The van der Waals surface area contributed by atoms with Crippen LogP contribution in [0.5, 0.6) is 5.75 Å². The van der Waals surface area contributed by atoms with Crippen LogP contribution < -0.4 is 4.74 Å². The smallest absolute Gasteiger partial charge is 0.336 e. The molecular formula is C26H18BrNO2. The monoisotopic (exact) mass is 455 g/mol. The standard InChI is InChI=1S/C26H18BrNO2/c27-22-13-8-19(9-14-22)12-17-26(29)30-23-15-10-20(11-16-23)18-28-25-7-3-5-21-4-1-2-6-24(21)25/h1-18H. The Labute approximate surface area is 183 Å². The van der Waals surface area contributed by atoms with Crippen LogP contribution in [0.2, 0.25) is 0 Å². The lowest BCUT2D eigenvalue weighted by atomic mass is 10.1. The van der Waals surface area contributed by atoms with Gasteiger partial charge in [0.1, 0.15) is 5.75 Å². The second kappa shape index (κ2) is 9.33. The maximum Gasteiger partial charge on any atom is 0.336 e. The Morgan fingerprint density at radius 3 is 2.30 bits per heavy atom. The fourth-order valence-electron chi connectivity index (χ4n) is 2.98. The van der Waals surface area contributed by atoms with Crippen molar-refractivity contribution in [2.45, 2.75) is 0 Å². The van der Waals surface area contributed by atoms with Gasteiger partial charge >= 0.3 is 5.97 Å². The molecule has 0 aromatic heterocycles. The summed E-state index contributed by atoms with van der Waals surface area (Å²) in [5.74, 6) is 0.0675. The molecule has 146 valence electrons. The van der Waals surface area contributed by atoms with Gasteiger partial charge in [0.25, 0.3) is 0 Å². The number of hydrogen-bond donors (Lipinski definition) is 0. The number of nitrogens with zero attached hydrogens (tertiary/aromatic N) is 1. The minimum atomic E-state index is -0.421. The van der Waals surface area contributed by atoms with Crippen LogP contribution in [0.3, 0.4) is 0 Å². The lowest BCUT2D eigenvalue weighted by Gasteiger charge is -2.03. The largest absolute Gasteiger partial charge is 0.423 e. The van der Waals surface area contributed by atoms with E-state index in [0.29, 0.717) is 5.75 Å².